The van der Waals surface area contributed by atoms with E-state index < -0.39 is 48.6 Å². The van der Waals surface area contributed by atoms with Gasteiger partial charge in [-0.3, -0.25) is 14.4 Å². The van der Waals surface area contributed by atoms with Crippen LogP contribution in [0.5, 0.6) is 11.5 Å². The second-order valence-corrected chi connectivity index (χ2v) is 9.30. The minimum Gasteiger partial charge on any atom is -0.486 e. The third-order valence-electron chi connectivity index (χ3n) is 6.03. The van der Waals surface area contributed by atoms with Gasteiger partial charge in [0.05, 0.1) is 0 Å². The minimum absolute atomic E-state index is 0.464. The number of halogens is 1. The SMILES string of the molecule is COC1OC(c2ccc(Cl)c(Cc3ccc4c(c3)OCCO4)c2)C(OC(C)=O)C(OC(C)=O)C1OC(C)=O. The average Bonchev–Trinajstić information content (AvgIpc) is 2.86. The highest BCUT2D eigenvalue weighted by Gasteiger charge is 2.52. The lowest BCUT2D eigenvalue weighted by Gasteiger charge is -2.44. The molecule has 1 saturated heterocycles. The molecule has 0 amide bonds. The number of carbonyl (C=O) groups is 3. The number of esters is 3. The standard InChI is InChI=1S/C27H29ClO10/c1-14(29)35-24-23(38-27(32-4)26(37-16(3)31)25(24)36-15(2)30)18-6-7-20(28)19(13-18)11-17-5-8-21-22(12-17)34-10-9-33-21/h5-8,12-13,23-27H,9-11H2,1-4H3. The summed E-state index contributed by atoms with van der Waals surface area (Å²) in [7, 11) is 1.37. The summed E-state index contributed by atoms with van der Waals surface area (Å²) in [6.07, 6.45) is -5.10. The van der Waals surface area contributed by atoms with Gasteiger partial charge in [0.2, 0.25) is 0 Å². The van der Waals surface area contributed by atoms with Crippen molar-refractivity contribution in [1.29, 1.82) is 0 Å². The molecule has 38 heavy (non-hydrogen) atoms. The normalized spacial score (nSPS) is 24.3. The van der Waals surface area contributed by atoms with Crippen molar-refractivity contribution in [2.24, 2.45) is 0 Å². The zero-order chi connectivity index (χ0) is 27.4. The van der Waals surface area contributed by atoms with Crippen LogP contribution >= 0.6 is 11.6 Å². The summed E-state index contributed by atoms with van der Waals surface area (Å²) < 4.78 is 39.3. The Labute approximate surface area is 225 Å². The van der Waals surface area contributed by atoms with E-state index in [1.165, 1.54) is 27.9 Å². The molecule has 0 N–H and O–H groups in total. The first kappa shape index (κ1) is 27.7. The fourth-order valence-electron chi connectivity index (χ4n) is 4.56. The highest BCUT2D eigenvalue weighted by molar-refractivity contribution is 6.31. The number of benzene rings is 2. The van der Waals surface area contributed by atoms with Crippen LogP contribution in [-0.4, -0.2) is 62.8 Å². The summed E-state index contributed by atoms with van der Waals surface area (Å²) in [5, 5.41) is 0.515. The van der Waals surface area contributed by atoms with Crippen molar-refractivity contribution in [2.45, 2.75) is 57.9 Å². The molecular weight excluding hydrogens is 520 g/mol. The lowest BCUT2D eigenvalue weighted by atomic mass is 9.91. The van der Waals surface area contributed by atoms with Crippen molar-refractivity contribution in [3.63, 3.8) is 0 Å². The van der Waals surface area contributed by atoms with Gasteiger partial charge in [0.15, 0.2) is 36.1 Å². The number of hydrogen-bond acceptors (Lipinski definition) is 10. The first-order valence-electron chi connectivity index (χ1n) is 12.0. The summed E-state index contributed by atoms with van der Waals surface area (Å²) in [6.45, 7) is 4.60. The van der Waals surface area contributed by atoms with E-state index in [9.17, 15) is 14.4 Å². The second-order valence-electron chi connectivity index (χ2n) is 8.89. The first-order valence-corrected chi connectivity index (χ1v) is 12.4. The molecule has 10 nitrogen and oxygen atoms in total. The van der Waals surface area contributed by atoms with Crippen molar-refractivity contribution >= 4 is 29.5 Å². The van der Waals surface area contributed by atoms with Gasteiger partial charge in [0.1, 0.15) is 19.3 Å². The smallest absolute Gasteiger partial charge is 0.303 e. The Morgan fingerprint density at radius 1 is 0.842 bits per heavy atom. The monoisotopic (exact) mass is 548 g/mol. The van der Waals surface area contributed by atoms with E-state index in [4.69, 9.17) is 44.8 Å². The van der Waals surface area contributed by atoms with Crippen LogP contribution in [0.4, 0.5) is 0 Å². The van der Waals surface area contributed by atoms with Crippen molar-refractivity contribution in [2.75, 3.05) is 20.3 Å². The summed E-state index contributed by atoms with van der Waals surface area (Å²) in [5.41, 5.74) is 2.30. The number of ether oxygens (including phenoxy) is 7. The van der Waals surface area contributed by atoms with Crippen LogP contribution in [0.2, 0.25) is 5.02 Å². The zero-order valence-corrected chi connectivity index (χ0v) is 22.2. The number of carbonyl (C=O) groups excluding carboxylic acids is 3. The lowest BCUT2D eigenvalue weighted by molar-refractivity contribution is -0.300. The molecule has 0 aromatic heterocycles. The molecule has 1 fully saturated rings. The lowest BCUT2D eigenvalue weighted by Crippen LogP contribution is -2.58. The van der Waals surface area contributed by atoms with Crippen molar-refractivity contribution in [3.05, 3.63) is 58.1 Å². The summed E-state index contributed by atoms with van der Waals surface area (Å²) in [6, 6.07) is 10.9. The van der Waals surface area contributed by atoms with E-state index in [0.717, 1.165) is 11.1 Å². The third kappa shape index (κ3) is 6.38. The van der Waals surface area contributed by atoms with Crippen LogP contribution in [-0.2, 0) is 44.5 Å². The van der Waals surface area contributed by atoms with E-state index in [2.05, 4.69) is 0 Å². The molecule has 0 spiro atoms. The molecule has 2 heterocycles. The number of hydrogen-bond donors (Lipinski definition) is 0. The fourth-order valence-corrected chi connectivity index (χ4v) is 4.74. The Bertz CT molecular complexity index is 1200. The molecule has 2 aromatic carbocycles. The second kappa shape index (κ2) is 12.0. The molecular formula is C27H29ClO10. The van der Waals surface area contributed by atoms with E-state index in [1.54, 1.807) is 12.1 Å². The van der Waals surface area contributed by atoms with Gasteiger partial charge in [-0.05, 0) is 41.3 Å². The van der Waals surface area contributed by atoms with Crippen LogP contribution in [0.3, 0.4) is 0 Å². The summed E-state index contributed by atoms with van der Waals surface area (Å²) >= 11 is 6.55. The molecule has 5 unspecified atom stereocenters. The maximum Gasteiger partial charge on any atom is 0.303 e. The molecule has 2 aliphatic heterocycles. The molecule has 0 saturated carbocycles. The van der Waals surface area contributed by atoms with Crippen molar-refractivity contribution in [3.8, 4) is 11.5 Å². The van der Waals surface area contributed by atoms with Crippen molar-refractivity contribution < 1.29 is 47.5 Å². The average molecular weight is 549 g/mol. The molecule has 204 valence electrons. The van der Waals surface area contributed by atoms with Crippen LogP contribution in [0, 0.1) is 0 Å². The van der Waals surface area contributed by atoms with Gasteiger partial charge < -0.3 is 33.2 Å². The van der Waals surface area contributed by atoms with Crippen LogP contribution in [0.25, 0.3) is 0 Å². The Hall–Kier alpha value is -3.34. The van der Waals surface area contributed by atoms with E-state index in [0.29, 0.717) is 41.7 Å². The highest BCUT2D eigenvalue weighted by Crippen LogP contribution is 2.39. The third-order valence-corrected chi connectivity index (χ3v) is 6.40. The zero-order valence-electron chi connectivity index (χ0n) is 21.4. The van der Waals surface area contributed by atoms with Crippen LogP contribution in [0.1, 0.15) is 43.6 Å². The molecule has 2 aliphatic rings. The maximum absolute atomic E-state index is 12.1. The molecule has 0 aliphatic carbocycles. The number of methoxy groups -OCH3 is 1. The maximum atomic E-state index is 12.1. The van der Waals surface area contributed by atoms with Gasteiger partial charge >= 0.3 is 17.9 Å². The van der Waals surface area contributed by atoms with Gasteiger partial charge in [0.25, 0.3) is 0 Å². The molecule has 11 heteroatoms. The highest BCUT2D eigenvalue weighted by atomic mass is 35.5. The largest absolute Gasteiger partial charge is 0.486 e. The molecule has 2 aromatic rings. The minimum atomic E-state index is -1.19. The molecule has 4 rings (SSSR count). The van der Waals surface area contributed by atoms with Gasteiger partial charge in [-0.2, -0.15) is 0 Å². The van der Waals surface area contributed by atoms with Gasteiger partial charge in [0, 0.05) is 32.9 Å². The fraction of sp³-hybridized carbons (Fsp3) is 0.444. The summed E-state index contributed by atoms with van der Waals surface area (Å²) in [5.74, 6) is -0.593. The number of fused-ring (bicyclic) bond motifs is 1. The van der Waals surface area contributed by atoms with E-state index >= 15 is 0 Å². The van der Waals surface area contributed by atoms with Crippen molar-refractivity contribution in [1.82, 2.24) is 0 Å². The Morgan fingerprint density at radius 3 is 2.13 bits per heavy atom. The summed E-state index contributed by atoms with van der Waals surface area (Å²) in [4.78, 5) is 35.9. The Balaban J connectivity index is 1.69. The number of rotatable bonds is 7. The van der Waals surface area contributed by atoms with Crippen LogP contribution in [0.15, 0.2) is 36.4 Å². The predicted molar refractivity (Wildman–Crippen MR) is 133 cm³/mol. The molecule has 5 atom stereocenters. The topological polar surface area (TPSA) is 116 Å². The Kier molecular flexibility index (Phi) is 8.76. The molecule has 0 bridgehead atoms. The van der Waals surface area contributed by atoms with E-state index in [1.807, 2.05) is 24.3 Å². The quantitative estimate of drug-likeness (QED) is 0.376. The Morgan fingerprint density at radius 2 is 1.47 bits per heavy atom. The van der Waals surface area contributed by atoms with Gasteiger partial charge in [-0.25, -0.2) is 0 Å². The molecule has 0 radical (unpaired) electrons. The van der Waals surface area contributed by atoms with Gasteiger partial charge in [-0.15, -0.1) is 0 Å². The van der Waals surface area contributed by atoms with Gasteiger partial charge in [-0.1, -0.05) is 29.8 Å². The van der Waals surface area contributed by atoms with Crippen LogP contribution < -0.4 is 9.47 Å². The predicted octanol–water partition coefficient (Wildman–Crippen LogP) is 3.54. The van der Waals surface area contributed by atoms with E-state index in [-0.39, 0.29) is 0 Å². The first-order chi connectivity index (χ1) is 18.2.